The van der Waals surface area contributed by atoms with E-state index >= 15 is 0 Å². The molecule has 1 saturated heterocycles. The number of halogens is 1. The maximum absolute atomic E-state index is 13.4. The van der Waals surface area contributed by atoms with Crippen molar-refractivity contribution in [2.24, 2.45) is 0 Å². The smallest absolute Gasteiger partial charge is 0.295 e. The number of hydrogen-bond donors (Lipinski definition) is 2. The highest BCUT2D eigenvalue weighted by atomic mass is 35.5. The third-order valence-electron chi connectivity index (χ3n) is 6.40. The van der Waals surface area contributed by atoms with Crippen LogP contribution in [-0.2, 0) is 16.1 Å². The van der Waals surface area contributed by atoms with E-state index in [-0.39, 0.29) is 28.5 Å². The van der Waals surface area contributed by atoms with E-state index in [1.165, 1.54) is 12.0 Å². The number of nitrogens with one attached hydrogen (secondary N) is 1. The number of ether oxygens (including phenoxy) is 2. The van der Waals surface area contributed by atoms with Gasteiger partial charge >= 0.3 is 0 Å². The minimum Gasteiger partial charge on any atom is -0.507 e. The summed E-state index contributed by atoms with van der Waals surface area (Å²) in [6.45, 7) is 0.154. The van der Waals surface area contributed by atoms with E-state index in [4.69, 9.17) is 21.1 Å². The molecule has 2 heterocycles. The molecule has 1 amide bonds. The van der Waals surface area contributed by atoms with Gasteiger partial charge in [-0.05, 0) is 42.0 Å². The number of carbonyl (C=O) groups is 2. The first kappa shape index (κ1) is 23.5. The third kappa shape index (κ3) is 3.97. The lowest BCUT2D eigenvalue weighted by molar-refractivity contribution is -0.140. The number of methoxy groups -OCH3 is 2. The second kappa shape index (κ2) is 9.43. The molecule has 8 heteroatoms. The summed E-state index contributed by atoms with van der Waals surface area (Å²) < 4.78 is 10.5. The van der Waals surface area contributed by atoms with E-state index in [2.05, 4.69) is 4.98 Å². The van der Waals surface area contributed by atoms with E-state index < -0.39 is 17.7 Å². The fourth-order valence-electron chi connectivity index (χ4n) is 4.57. The summed E-state index contributed by atoms with van der Waals surface area (Å²) >= 11 is 6.40. The standard InChI is InChI=1S/C28H23ClN2O5/c1-35-17-9-7-16(8-10-17)15-31-25(21-14-30-23-6-4-3-5-19(21)23)24(27(33)28(31)34)26(32)20-13-18(36-2)11-12-22(20)29/h3-14,25,30,32H,15H2,1-2H3/b26-24+. The van der Waals surface area contributed by atoms with Gasteiger partial charge in [-0.2, -0.15) is 0 Å². The first-order chi connectivity index (χ1) is 17.4. The zero-order valence-corrected chi connectivity index (χ0v) is 20.4. The largest absolute Gasteiger partial charge is 0.507 e. The summed E-state index contributed by atoms with van der Waals surface area (Å²) in [7, 11) is 3.07. The summed E-state index contributed by atoms with van der Waals surface area (Å²) in [6.07, 6.45) is 1.77. The van der Waals surface area contributed by atoms with Gasteiger partial charge in [0.25, 0.3) is 11.7 Å². The number of aromatic nitrogens is 1. The number of likely N-dealkylation sites (tertiary alicyclic amines) is 1. The number of Topliss-reactive ketones (excluding diaryl/α,β-unsaturated/α-hetero) is 1. The van der Waals surface area contributed by atoms with Gasteiger partial charge in [-0.25, -0.2) is 0 Å². The molecule has 2 N–H and O–H groups in total. The highest BCUT2D eigenvalue weighted by molar-refractivity contribution is 6.47. The quantitative estimate of drug-likeness (QED) is 0.207. The van der Waals surface area contributed by atoms with Crippen LogP contribution < -0.4 is 9.47 Å². The van der Waals surface area contributed by atoms with Crippen molar-refractivity contribution in [3.05, 3.63) is 100 Å². The maximum Gasteiger partial charge on any atom is 0.295 e. The van der Waals surface area contributed by atoms with Crippen LogP contribution in [0.3, 0.4) is 0 Å². The van der Waals surface area contributed by atoms with Crippen LogP contribution in [0.4, 0.5) is 0 Å². The summed E-state index contributed by atoms with van der Waals surface area (Å²) in [5.41, 5.74) is 2.53. The lowest BCUT2D eigenvalue weighted by Crippen LogP contribution is -2.29. The Bertz CT molecular complexity index is 1510. The van der Waals surface area contributed by atoms with Crippen molar-refractivity contribution in [2.45, 2.75) is 12.6 Å². The molecular weight excluding hydrogens is 480 g/mol. The average molecular weight is 503 g/mol. The Morgan fingerprint density at radius 3 is 2.42 bits per heavy atom. The van der Waals surface area contributed by atoms with Crippen molar-refractivity contribution in [3.63, 3.8) is 0 Å². The summed E-state index contributed by atoms with van der Waals surface area (Å²) in [5, 5.41) is 12.5. The zero-order valence-electron chi connectivity index (χ0n) is 19.6. The predicted molar refractivity (Wildman–Crippen MR) is 137 cm³/mol. The molecule has 1 unspecified atom stereocenters. The molecule has 1 aliphatic heterocycles. The van der Waals surface area contributed by atoms with Gasteiger partial charge in [-0.1, -0.05) is 41.9 Å². The molecule has 0 radical (unpaired) electrons. The number of fused-ring (bicyclic) bond motifs is 1. The van der Waals surface area contributed by atoms with Gasteiger partial charge in [-0.3, -0.25) is 9.59 Å². The first-order valence-electron chi connectivity index (χ1n) is 11.2. The normalized spacial score (nSPS) is 17.1. The number of carbonyl (C=O) groups excluding carboxylic acids is 2. The number of aromatic amines is 1. The number of benzene rings is 3. The molecule has 1 fully saturated rings. The van der Waals surface area contributed by atoms with Crippen LogP contribution in [0.15, 0.2) is 78.5 Å². The first-order valence-corrected chi connectivity index (χ1v) is 11.6. The molecule has 1 aromatic heterocycles. The fourth-order valence-corrected chi connectivity index (χ4v) is 4.78. The number of aliphatic hydroxyl groups excluding tert-OH is 1. The Morgan fingerprint density at radius 1 is 1.00 bits per heavy atom. The number of nitrogens with zero attached hydrogens (tertiary/aromatic N) is 1. The topological polar surface area (TPSA) is 91.9 Å². The minimum absolute atomic E-state index is 0.0339. The van der Waals surface area contributed by atoms with Crippen molar-refractivity contribution < 1.29 is 24.2 Å². The highest BCUT2D eigenvalue weighted by Gasteiger charge is 2.47. The van der Waals surface area contributed by atoms with E-state index in [0.717, 1.165) is 16.5 Å². The van der Waals surface area contributed by atoms with Crippen LogP contribution in [0, 0.1) is 0 Å². The summed E-state index contributed by atoms with van der Waals surface area (Å²) in [5.74, 6) is -0.708. The number of H-pyrrole nitrogens is 1. The molecule has 1 atom stereocenters. The molecule has 0 spiro atoms. The van der Waals surface area contributed by atoms with Crippen molar-refractivity contribution in [3.8, 4) is 11.5 Å². The van der Waals surface area contributed by atoms with Crippen molar-refractivity contribution >= 4 is 40.0 Å². The van der Waals surface area contributed by atoms with Crippen LogP contribution in [0.5, 0.6) is 11.5 Å². The predicted octanol–water partition coefficient (Wildman–Crippen LogP) is 5.46. The fraction of sp³-hybridized carbons (Fsp3) is 0.143. The minimum atomic E-state index is -0.842. The Labute approximate surface area is 212 Å². The Morgan fingerprint density at radius 2 is 1.69 bits per heavy atom. The number of rotatable bonds is 6. The van der Waals surface area contributed by atoms with Gasteiger partial charge in [0.1, 0.15) is 17.3 Å². The number of hydrogen-bond acceptors (Lipinski definition) is 5. The molecule has 7 nitrogen and oxygen atoms in total. The van der Waals surface area contributed by atoms with Crippen LogP contribution in [-0.4, -0.2) is 40.9 Å². The molecule has 4 aromatic rings. The van der Waals surface area contributed by atoms with Gasteiger partial charge < -0.3 is 24.5 Å². The summed E-state index contributed by atoms with van der Waals surface area (Å²) in [4.78, 5) is 31.5. The van der Waals surface area contributed by atoms with Gasteiger partial charge in [0.05, 0.1) is 30.9 Å². The zero-order chi connectivity index (χ0) is 25.4. The van der Waals surface area contributed by atoms with Crippen LogP contribution >= 0.6 is 11.6 Å². The second-order valence-electron chi connectivity index (χ2n) is 8.41. The Kier molecular flexibility index (Phi) is 6.16. The van der Waals surface area contributed by atoms with Crippen molar-refractivity contribution in [1.29, 1.82) is 0 Å². The molecule has 182 valence electrons. The number of ketones is 1. The molecule has 3 aromatic carbocycles. The molecule has 0 aliphatic carbocycles. The van der Waals surface area contributed by atoms with Crippen molar-refractivity contribution in [2.75, 3.05) is 14.2 Å². The van der Waals surface area contributed by atoms with Gasteiger partial charge in [0, 0.05) is 34.8 Å². The van der Waals surface area contributed by atoms with E-state index in [9.17, 15) is 14.7 Å². The van der Waals surface area contributed by atoms with Crippen LogP contribution in [0.2, 0.25) is 5.02 Å². The lowest BCUT2D eigenvalue weighted by Gasteiger charge is -2.25. The van der Waals surface area contributed by atoms with E-state index in [1.54, 1.807) is 43.6 Å². The Hall–Kier alpha value is -4.23. The number of para-hydroxylation sites is 1. The van der Waals surface area contributed by atoms with E-state index in [0.29, 0.717) is 17.1 Å². The molecule has 5 rings (SSSR count). The monoisotopic (exact) mass is 502 g/mol. The third-order valence-corrected chi connectivity index (χ3v) is 6.73. The molecule has 0 saturated carbocycles. The van der Waals surface area contributed by atoms with Crippen LogP contribution in [0.1, 0.15) is 22.7 Å². The van der Waals surface area contributed by atoms with Crippen molar-refractivity contribution in [1.82, 2.24) is 9.88 Å². The Balaban J connectivity index is 1.70. The summed E-state index contributed by atoms with van der Waals surface area (Å²) in [6, 6.07) is 18.8. The number of aliphatic hydroxyl groups is 1. The van der Waals surface area contributed by atoms with Gasteiger partial charge in [0.15, 0.2) is 0 Å². The van der Waals surface area contributed by atoms with Crippen LogP contribution in [0.25, 0.3) is 16.7 Å². The molecule has 0 bridgehead atoms. The molecular formula is C28H23ClN2O5. The van der Waals surface area contributed by atoms with Gasteiger partial charge in [-0.15, -0.1) is 0 Å². The SMILES string of the molecule is COc1ccc(CN2C(=O)C(=O)/C(=C(/O)c3cc(OC)ccc3Cl)C2c2c[nH]c3ccccc23)cc1. The van der Waals surface area contributed by atoms with E-state index in [1.807, 2.05) is 36.4 Å². The maximum atomic E-state index is 13.4. The number of amides is 1. The average Bonchev–Trinajstić information content (AvgIpc) is 3.43. The van der Waals surface area contributed by atoms with Gasteiger partial charge in [0.2, 0.25) is 0 Å². The highest BCUT2D eigenvalue weighted by Crippen LogP contribution is 2.43. The molecule has 1 aliphatic rings. The lowest BCUT2D eigenvalue weighted by atomic mass is 9.94. The molecule has 36 heavy (non-hydrogen) atoms. The second-order valence-corrected chi connectivity index (χ2v) is 8.82.